The van der Waals surface area contributed by atoms with E-state index < -0.39 is 0 Å². The zero-order chi connectivity index (χ0) is 13.7. The third-order valence-corrected chi connectivity index (χ3v) is 3.39. The molecule has 0 aliphatic rings. The first-order valence-electron chi connectivity index (χ1n) is 5.99. The lowest BCUT2D eigenvalue weighted by Gasteiger charge is -2.04. The second-order valence-corrected chi connectivity index (χ2v) is 5.22. The maximum atomic E-state index is 11.6. The Balaban J connectivity index is 1.80. The Labute approximate surface area is 114 Å². The first-order chi connectivity index (χ1) is 9.13. The summed E-state index contributed by atoms with van der Waals surface area (Å²) in [6.45, 7) is 2.24. The SMILES string of the molecule is Cc1cc(=O)[nH]c(CCNC(=O)Cc2cccs2)n1. The van der Waals surface area contributed by atoms with Crippen molar-refractivity contribution in [3.63, 3.8) is 0 Å². The Hall–Kier alpha value is -1.95. The summed E-state index contributed by atoms with van der Waals surface area (Å²) in [5, 5.41) is 4.76. The molecule has 0 bridgehead atoms. The van der Waals surface area contributed by atoms with Gasteiger partial charge in [-0.1, -0.05) is 6.07 Å². The highest BCUT2D eigenvalue weighted by atomic mass is 32.1. The summed E-state index contributed by atoms with van der Waals surface area (Å²) in [4.78, 5) is 30.8. The fourth-order valence-electron chi connectivity index (χ4n) is 1.71. The maximum Gasteiger partial charge on any atom is 0.251 e. The topological polar surface area (TPSA) is 74.8 Å². The van der Waals surface area contributed by atoms with Crippen LogP contribution in [0, 0.1) is 6.92 Å². The molecular formula is C13H15N3O2S. The molecule has 2 N–H and O–H groups in total. The van der Waals surface area contributed by atoms with Crippen molar-refractivity contribution in [1.82, 2.24) is 15.3 Å². The van der Waals surface area contributed by atoms with Gasteiger partial charge in [-0.25, -0.2) is 4.98 Å². The van der Waals surface area contributed by atoms with Crippen LogP contribution in [0.3, 0.4) is 0 Å². The van der Waals surface area contributed by atoms with Crippen molar-refractivity contribution in [3.8, 4) is 0 Å². The van der Waals surface area contributed by atoms with Crippen LogP contribution in [-0.2, 0) is 17.6 Å². The average Bonchev–Trinajstić information content (AvgIpc) is 2.80. The van der Waals surface area contributed by atoms with Gasteiger partial charge in [0.05, 0.1) is 6.42 Å². The summed E-state index contributed by atoms with van der Waals surface area (Å²) >= 11 is 1.56. The number of carbonyl (C=O) groups is 1. The number of thiophene rings is 1. The van der Waals surface area contributed by atoms with Gasteiger partial charge in [0.25, 0.3) is 5.56 Å². The van der Waals surface area contributed by atoms with E-state index in [0.29, 0.717) is 30.9 Å². The summed E-state index contributed by atoms with van der Waals surface area (Å²) in [5.74, 6) is 0.582. The van der Waals surface area contributed by atoms with Crippen molar-refractivity contribution in [2.24, 2.45) is 0 Å². The minimum Gasteiger partial charge on any atom is -0.355 e. The van der Waals surface area contributed by atoms with Gasteiger partial charge in [0.1, 0.15) is 5.82 Å². The molecule has 0 aliphatic heterocycles. The molecule has 2 aromatic heterocycles. The molecule has 6 heteroatoms. The summed E-state index contributed by atoms with van der Waals surface area (Å²) in [5.41, 5.74) is 0.524. The number of hydrogen-bond donors (Lipinski definition) is 2. The highest BCUT2D eigenvalue weighted by molar-refractivity contribution is 7.10. The van der Waals surface area contributed by atoms with Gasteiger partial charge in [-0.3, -0.25) is 9.59 Å². The summed E-state index contributed by atoms with van der Waals surface area (Å²) in [6, 6.07) is 5.30. The third kappa shape index (κ3) is 4.33. The zero-order valence-electron chi connectivity index (χ0n) is 10.6. The lowest BCUT2D eigenvalue weighted by atomic mass is 10.3. The van der Waals surface area contributed by atoms with Crippen molar-refractivity contribution in [2.75, 3.05) is 6.54 Å². The molecule has 2 heterocycles. The van der Waals surface area contributed by atoms with Crippen LogP contribution < -0.4 is 10.9 Å². The smallest absolute Gasteiger partial charge is 0.251 e. The van der Waals surface area contributed by atoms with Crippen LogP contribution in [0.4, 0.5) is 0 Å². The largest absolute Gasteiger partial charge is 0.355 e. The Morgan fingerprint density at radius 3 is 3.05 bits per heavy atom. The van der Waals surface area contributed by atoms with E-state index in [-0.39, 0.29) is 11.5 Å². The Bertz CT molecular complexity index is 605. The third-order valence-electron chi connectivity index (χ3n) is 2.52. The zero-order valence-corrected chi connectivity index (χ0v) is 11.4. The summed E-state index contributed by atoms with van der Waals surface area (Å²) < 4.78 is 0. The Morgan fingerprint density at radius 2 is 2.37 bits per heavy atom. The van der Waals surface area contributed by atoms with Gasteiger partial charge in [-0.05, 0) is 18.4 Å². The number of nitrogens with one attached hydrogen (secondary N) is 2. The number of aromatic nitrogens is 2. The van der Waals surface area contributed by atoms with Gasteiger partial charge in [0.15, 0.2) is 0 Å². The number of hydrogen-bond acceptors (Lipinski definition) is 4. The molecule has 0 radical (unpaired) electrons. The second kappa shape index (κ2) is 6.29. The molecule has 1 amide bonds. The fourth-order valence-corrected chi connectivity index (χ4v) is 2.42. The molecule has 2 rings (SSSR count). The van der Waals surface area contributed by atoms with Crippen LogP contribution in [0.5, 0.6) is 0 Å². The number of H-pyrrole nitrogens is 1. The molecule has 0 unspecified atom stereocenters. The number of aromatic amines is 1. The van der Waals surface area contributed by atoms with E-state index in [4.69, 9.17) is 0 Å². The molecule has 0 fully saturated rings. The molecule has 0 atom stereocenters. The van der Waals surface area contributed by atoms with Gasteiger partial charge in [0.2, 0.25) is 5.91 Å². The van der Waals surface area contributed by atoms with Gasteiger partial charge < -0.3 is 10.3 Å². The fraction of sp³-hybridized carbons (Fsp3) is 0.308. The monoisotopic (exact) mass is 277 g/mol. The van der Waals surface area contributed by atoms with E-state index in [2.05, 4.69) is 15.3 Å². The predicted molar refractivity (Wildman–Crippen MR) is 74.3 cm³/mol. The van der Waals surface area contributed by atoms with E-state index in [1.807, 2.05) is 17.5 Å². The summed E-state index contributed by atoms with van der Waals surface area (Å²) in [6.07, 6.45) is 0.919. The molecule has 0 saturated carbocycles. The maximum absolute atomic E-state index is 11.6. The number of nitrogens with zero attached hydrogens (tertiary/aromatic N) is 1. The lowest BCUT2D eigenvalue weighted by molar-refractivity contribution is -0.120. The van der Waals surface area contributed by atoms with E-state index >= 15 is 0 Å². The van der Waals surface area contributed by atoms with Crippen LogP contribution in [0.1, 0.15) is 16.4 Å². The van der Waals surface area contributed by atoms with E-state index in [9.17, 15) is 9.59 Å². The van der Waals surface area contributed by atoms with Crippen LogP contribution in [0.25, 0.3) is 0 Å². The van der Waals surface area contributed by atoms with Crippen molar-refractivity contribution in [2.45, 2.75) is 19.8 Å². The van der Waals surface area contributed by atoms with Gasteiger partial charge in [-0.2, -0.15) is 0 Å². The molecule has 0 saturated heterocycles. The van der Waals surface area contributed by atoms with Gasteiger partial charge >= 0.3 is 0 Å². The molecule has 0 aromatic carbocycles. The van der Waals surface area contributed by atoms with Crippen LogP contribution in [0.15, 0.2) is 28.4 Å². The van der Waals surface area contributed by atoms with E-state index in [0.717, 1.165) is 4.88 Å². The number of aryl methyl sites for hydroxylation is 1. The highest BCUT2D eigenvalue weighted by Gasteiger charge is 2.04. The first-order valence-corrected chi connectivity index (χ1v) is 6.87. The second-order valence-electron chi connectivity index (χ2n) is 4.19. The normalized spacial score (nSPS) is 10.4. The molecule has 0 spiro atoms. The summed E-state index contributed by atoms with van der Waals surface area (Å²) in [7, 11) is 0. The molecule has 19 heavy (non-hydrogen) atoms. The average molecular weight is 277 g/mol. The highest BCUT2D eigenvalue weighted by Crippen LogP contribution is 2.08. The standard InChI is InChI=1S/C13H15N3O2S/c1-9-7-13(18)16-11(15-9)4-5-14-12(17)8-10-3-2-6-19-10/h2-3,6-7H,4-5,8H2,1H3,(H,14,17)(H,15,16,18). The Morgan fingerprint density at radius 1 is 1.53 bits per heavy atom. The Kier molecular flexibility index (Phi) is 4.46. The molecule has 0 aliphatic carbocycles. The van der Waals surface area contributed by atoms with Crippen LogP contribution >= 0.6 is 11.3 Å². The minimum atomic E-state index is -0.160. The lowest BCUT2D eigenvalue weighted by Crippen LogP contribution is -2.28. The first kappa shape index (κ1) is 13.5. The molecule has 100 valence electrons. The number of carbonyl (C=O) groups excluding carboxylic acids is 1. The van der Waals surface area contributed by atoms with Crippen molar-refractivity contribution >= 4 is 17.2 Å². The number of rotatable bonds is 5. The number of amides is 1. The predicted octanol–water partition coefficient (Wildman–Crippen LogP) is 1.04. The quantitative estimate of drug-likeness (QED) is 0.857. The van der Waals surface area contributed by atoms with Crippen LogP contribution in [0.2, 0.25) is 0 Å². The molecule has 5 nitrogen and oxygen atoms in total. The van der Waals surface area contributed by atoms with Gasteiger partial charge in [-0.15, -0.1) is 11.3 Å². The van der Waals surface area contributed by atoms with Crippen molar-refractivity contribution in [3.05, 3.63) is 50.3 Å². The van der Waals surface area contributed by atoms with E-state index in [1.165, 1.54) is 6.07 Å². The van der Waals surface area contributed by atoms with Crippen molar-refractivity contribution in [1.29, 1.82) is 0 Å². The molecule has 2 aromatic rings. The van der Waals surface area contributed by atoms with Gasteiger partial charge in [0, 0.05) is 29.6 Å². The van der Waals surface area contributed by atoms with E-state index in [1.54, 1.807) is 18.3 Å². The molecular weight excluding hydrogens is 262 g/mol. The van der Waals surface area contributed by atoms with Crippen LogP contribution in [-0.4, -0.2) is 22.4 Å². The minimum absolute atomic E-state index is 0.0162. The van der Waals surface area contributed by atoms with Crippen molar-refractivity contribution < 1.29 is 4.79 Å².